The van der Waals surface area contributed by atoms with E-state index in [1.807, 2.05) is 5.32 Å². The molecule has 0 saturated carbocycles. The van der Waals surface area contributed by atoms with Crippen molar-refractivity contribution < 1.29 is 33.3 Å². The molecule has 22 heavy (non-hydrogen) atoms. The maximum Gasteiger partial charge on any atom is 0.408 e. The number of halogens is 3. The molecule has 0 heterocycles. The molecule has 0 aromatic heterocycles. The van der Waals surface area contributed by atoms with E-state index in [-0.39, 0.29) is 16.6 Å². The van der Waals surface area contributed by atoms with Crippen LogP contribution in [0.4, 0.5) is 13.6 Å². The largest absolute Gasteiger partial charge is 0.504 e. The number of phenolic OH excluding ortho intramolecular Hbond substituents is 1. The number of phenols is 1. The predicted octanol–water partition coefficient (Wildman–Crippen LogP) is 2.34. The van der Waals surface area contributed by atoms with E-state index in [0.29, 0.717) is 0 Å². The summed E-state index contributed by atoms with van der Waals surface area (Å²) in [4.78, 5) is 22.4. The fourth-order valence-electron chi connectivity index (χ4n) is 1.52. The van der Waals surface area contributed by atoms with Crippen molar-refractivity contribution in [3.8, 4) is 5.75 Å². The van der Waals surface area contributed by atoms with Crippen LogP contribution < -0.4 is 5.32 Å². The molecule has 1 rings (SSSR count). The quantitative estimate of drug-likeness (QED) is 0.520. The van der Waals surface area contributed by atoms with Crippen LogP contribution in [-0.2, 0) is 16.0 Å². The lowest BCUT2D eigenvalue weighted by atomic mass is 10.0. The van der Waals surface area contributed by atoms with Crippen LogP contribution in [0.25, 0.3) is 0 Å². The Bertz CT molecular complexity index is 609. The third-order valence-electron chi connectivity index (χ3n) is 2.56. The highest BCUT2D eigenvalue weighted by Crippen LogP contribution is 2.31. The molecule has 0 spiro atoms. The topological polar surface area (TPSA) is 95.9 Å². The van der Waals surface area contributed by atoms with Gasteiger partial charge in [0, 0.05) is 6.42 Å². The second-order valence-corrected chi connectivity index (χ2v) is 4.97. The Balaban J connectivity index is 2.95. The molecular weight excluding hydrogens is 368 g/mol. The molecule has 0 aliphatic rings. The first-order valence-electron chi connectivity index (χ1n) is 5.90. The number of aromatic hydroxyl groups is 1. The molecule has 0 aliphatic carbocycles. The second kappa shape index (κ2) is 7.74. The van der Waals surface area contributed by atoms with Gasteiger partial charge in [-0.3, -0.25) is 0 Å². The summed E-state index contributed by atoms with van der Waals surface area (Å²) in [5.74, 6) is -5.29. The van der Waals surface area contributed by atoms with Gasteiger partial charge in [0.15, 0.2) is 11.6 Å². The summed E-state index contributed by atoms with van der Waals surface area (Å²) >= 11 is 2.82. The van der Waals surface area contributed by atoms with Crippen LogP contribution in [-0.4, -0.2) is 34.9 Å². The highest BCUT2D eigenvalue weighted by Gasteiger charge is 2.25. The van der Waals surface area contributed by atoms with Gasteiger partial charge in [0.25, 0.3) is 0 Å². The van der Waals surface area contributed by atoms with Crippen molar-refractivity contribution in [3.05, 3.63) is 40.4 Å². The van der Waals surface area contributed by atoms with E-state index in [1.54, 1.807) is 0 Å². The Labute approximate surface area is 132 Å². The van der Waals surface area contributed by atoms with E-state index < -0.39 is 41.9 Å². The molecule has 1 aromatic rings. The first-order valence-corrected chi connectivity index (χ1v) is 6.69. The Morgan fingerprint density at radius 3 is 2.64 bits per heavy atom. The lowest BCUT2D eigenvalue weighted by Gasteiger charge is -2.15. The number of carboxylic acid groups (broad SMARTS) is 1. The maximum atomic E-state index is 13.7. The zero-order valence-electron chi connectivity index (χ0n) is 11.1. The van der Waals surface area contributed by atoms with Gasteiger partial charge in [0.1, 0.15) is 12.6 Å². The van der Waals surface area contributed by atoms with Crippen molar-refractivity contribution >= 4 is 28.0 Å². The van der Waals surface area contributed by atoms with E-state index in [1.165, 1.54) is 6.08 Å². The van der Waals surface area contributed by atoms with Gasteiger partial charge in [-0.05, 0) is 27.6 Å². The molecule has 0 bridgehead atoms. The zero-order valence-corrected chi connectivity index (χ0v) is 12.7. The molecule has 120 valence electrons. The van der Waals surface area contributed by atoms with Crippen LogP contribution in [0, 0.1) is 11.6 Å². The van der Waals surface area contributed by atoms with Crippen LogP contribution in [0.2, 0.25) is 0 Å². The molecule has 1 unspecified atom stereocenters. The number of carbonyl (C=O) groups excluding carboxylic acids is 1. The van der Waals surface area contributed by atoms with Gasteiger partial charge < -0.3 is 20.3 Å². The number of rotatable bonds is 6. The minimum atomic E-state index is -1.54. The van der Waals surface area contributed by atoms with Gasteiger partial charge in [-0.1, -0.05) is 12.7 Å². The van der Waals surface area contributed by atoms with Crippen LogP contribution in [0.15, 0.2) is 23.2 Å². The Kier molecular flexibility index (Phi) is 6.29. The van der Waals surface area contributed by atoms with Crippen molar-refractivity contribution in [2.45, 2.75) is 12.5 Å². The number of carboxylic acids is 1. The Morgan fingerprint density at radius 2 is 2.09 bits per heavy atom. The monoisotopic (exact) mass is 379 g/mol. The molecule has 1 atom stereocenters. The minimum absolute atomic E-state index is 0.133. The number of ether oxygens (including phenoxy) is 1. The molecule has 0 aliphatic heterocycles. The smallest absolute Gasteiger partial charge is 0.408 e. The highest BCUT2D eigenvalue weighted by molar-refractivity contribution is 9.10. The van der Waals surface area contributed by atoms with Gasteiger partial charge in [0.05, 0.1) is 4.47 Å². The summed E-state index contributed by atoms with van der Waals surface area (Å²) in [5.41, 5.74) is -0.335. The molecule has 1 aromatic carbocycles. The SMILES string of the molecule is C=CCOC(=O)NC(Cc1cc(Br)c(O)c(F)c1F)C(=O)O. The first kappa shape index (κ1) is 17.9. The molecule has 0 radical (unpaired) electrons. The van der Waals surface area contributed by atoms with Crippen LogP contribution >= 0.6 is 15.9 Å². The maximum absolute atomic E-state index is 13.7. The van der Waals surface area contributed by atoms with Crippen molar-refractivity contribution in [2.24, 2.45) is 0 Å². The van der Waals surface area contributed by atoms with Gasteiger partial charge in [-0.15, -0.1) is 0 Å². The summed E-state index contributed by atoms with van der Waals surface area (Å²) in [5, 5.41) is 20.3. The van der Waals surface area contributed by atoms with Crippen LogP contribution in [0.3, 0.4) is 0 Å². The average molecular weight is 380 g/mol. The third kappa shape index (κ3) is 4.42. The van der Waals surface area contributed by atoms with E-state index in [9.17, 15) is 23.5 Å². The number of alkyl carbamates (subject to hydrolysis) is 1. The fourth-order valence-corrected chi connectivity index (χ4v) is 1.97. The van der Waals surface area contributed by atoms with E-state index in [2.05, 4.69) is 27.2 Å². The number of hydrogen-bond donors (Lipinski definition) is 3. The first-order chi connectivity index (χ1) is 10.3. The number of nitrogens with one attached hydrogen (secondary N) is 1. The van der Waals surface area contributed by atoms with E-state index in [0.717, 1.165) is 6.07 Å². The summed E-state index contributed by atoms with van der Waals surface area (Å²) < 4.78 is 31.5. The van der Waals surface area contributed by atoms with E-state index in [4.69, 9.17) is 5.11 Å². The Hall–Kier alpha value is -2.16. The normalized spacial score (nSPS) is 11.6. The number of aliphatic carboxylic acids is 1. The van der Waals surface area contributed by atoms with Gasteiger partial charge in [0.2, 0.25) is 5.82 Å². The van der Waals surface area contributed by atoms with Crippen LogP contribution in [0.5, 0.6) is 5.75 Å². The second-order valence-electron chi connectivity index (χ2n) is 4.12. The predicted molar refractivity (Wildman–Crippen MR) is 75.5 cm³/mol. The summed E-state index contributed by atoms with van der Waals surface area (Å²) in [7, 11) is 0. The summed E-state index contributed by atoms with van der Waals surface area (Å²) in [6.45, 7) is 3.18. The Morgan fingerprint density at radius 1 is 1.45 bits per heavy atom. The minimum Gasteiger partial charge on any atom is -0.504 e. The zero-order chi connectivity index (χ0) is 16.9. The van der Waals surface area contributed by atoms with Crippen molar-refractivity contribution in [2.75, 3.05) is 6.61 Å². The van der Waals surface area contributed by atoms with Crippen molar-refractivity contribution in [1.29, 1.82) is 0 Å². The van der Waals surface area contributed by atoms with Crippen LogP contribution in [0.1, 0.15) is 5.56 Å². The lowest BCUT2D eigenvalue weighted by molar-refractivity contribution is -0.139. The van der Waals surface area contributed by atoms with Gasteiger partial charge >= 0.3 is 12.1 Å². The third-order valence-corrected chi connectivity index (χ3v) is 3.16. The molecule has 0 fully saturated rings. The molecule has 0 saturated heterocycles. The molecular formula is C13H12BrF2NO5. The lowest BCUT2D eigenvalue weighted by Crippen LogP contribution is -2.42. The van der Waals surface area contributed by atoms with E-state index >= 15 is 0 Å². The average Bonchev–Trinajstić information content (AvgIpc) is 2.47. The molecule has 3 N–H and O–H groups in total. The van der Waals surface area contributed by atoms with Gasteiger partial charge in [-0.25, -0.2) is 14.0 Å². The van der Waals surface area contributed by atoms with Crippen molar-refractivity contribution in [1.82, 2.24) is 5.32 Å². The number of benzene rings is 1. The number of carbonyl (C=O) groups is 2. The highest BCUT2D eigenvalue weighted by atomic mass is 79.9. The van der Waals surface area contributed by atoms with Crippen molar-refractivity contribution in [3.63, 3.8) is 0 Å². The molecule has 9 heteroatoms. The number of hydrogen-bond acceptors (Lipinski definition) is 4. The van der Waals surface area contributed by atoms with Gasteiger partial charge in [-0.2, -0.15) is 4.39 Å². The summed E-state index contributed by atoms with van der Waals surface area (Å²) in [6.07, 6.45) is -0.298. The fraction of sp³-hybridized carbons (Fsp3) is 0.231. The standard InChI is InChI=1S/C13H12BrF2NO5/c1-2-3-22-13(21)17-8(12(19)20)5-6-4-7(14)11(18)10(16)9(6)15/h2,4,8,18H,1,3,5H2,(H,17,21)(H,19,20). The number of amides is 1. The molecule has 1 amide bonds. The molecule has 6 nitrogen and oxygen atoms in total. The summed E-state index contributed by atoms with van der Waals surface area (Å²) in [6, 6.07) is -0.511.